The largest absolute Gasteiger partial charge is 0.494 e. The van der Waals surface area contributed by atoms with Crippen LogP contribution in [0.2, 0.25) is 0 Å². The zero-order chi connectivity index (χ0) is 22.3. The number of hydrogen-bond donors (Lipinski definition) is 0. The summed E-state index contributed by atoms with van der Waals surface area (Å²) in [4.78, 5) is 9.36. The van der Waals surface area contributed by atoms with Gasteiger partial charge in [-0.25, -0.2) is 0 Å². The summed E-state index contributed by atoms with van der Waals surface area (Å²) in [5.74, 6) is 3.61. The lowest BCUT2D eigenvalue weighted by Crippen LogP contribution is -2.45. The first kappa shape index (κ1) is 22.1. The van der Waals surface area contributed by atoms with Crippen molar-refractivity contribution in [1.82, 2.24) is 19.9 Å². The summed E-state index contributed by atoms with van der Waals surface area (Å²) in [7, 11) is 3.32. The van der Waals surface area contributed by atoms with E-state index < -0.39 is 0 Å². The number of aromatic nitrogens is 2. The minimum absolute atomic E-state index is 0.607. The number of rotatable bonds is 9. The summed E-state index contributed by atoms with van der Waals surface area (Å²) >= 11 is 0. The molecule has 0 saturated carbocycles. The molecule has 170 valence electrons. The van der Waals surface area contributed by atoms with E-state index in [1.807, 2.05) is 43.3 Å². The maximum absolute atomic E-state index is 5.50. The standard InChI is InChI=1S/C24H30N4O4/c1-4-31-20-8-6-19(7-9-20)24-25-23(32-26-24)17-28-13-11-27(12-14-28)16-18-5-10-21(29-2)22(15-18)30-3/h5-10,15H,4,11-14,16-17H2,1-3H3. The minimum Gasteiger partial charge on any atom is -0.494 e. The summed E-state index contributed by atoms with van der Waals surface area (Å²) in [5.41, 5.74) is 2.14. The molecule has 0 spiro atoms. The van der Waals surface area contributed by atoms with Crippen LogP contribution in [0.5, 0.6) is 17.2 Å². The highest BCUT2D eigenvalue weighted by atomic mass is 16.5. The molecule has 1 aromatic heterocycles. The summed E-state index contributed by atoms with van der Waals surface area (Å²) in [6.07, 6.45) is 0. The summed E-state index contributed by atoms with van der Waals surface area (Å²) < 4.78 is 21.7. The highest BCUT2D eigenvalue weighted by molar-refractivity contribution is 5.55. The Bertz CT molecular complexity index is 997. The molecule has 0 bridgehead atoms. The first-order valence-corrected chi connectivity index (χ1v) is 10.9. The molecule has 0 amide bonds. The molecule has 3 aromatic rings. The minimum atomic E-state index is 0.607. The van der Waals surface area contributed by atoms with Crippen molar-refractivity contribution in [2.24, 2.45) is 0 Å². The monoisotopic (exact) mass is 438 g/mol. The Morgan fingerprint density at radius 3 is 2.22 bits per heavy atom. The number of hydrogen-bond acceptors (Lipinski definition) is 8. The number of methoxy groups -OCH3 is 2. The van der Waals surface area contributed by atoms with Crippen LogP contribution >= 0.6 is 0 Å². The Morgan fingerprint density at radius 2 is 1.56 bits per heavy atom. The molecule has 2 heterocycles. The van der Waals surface area contributed by atoms with Crippen molar-refractivity contribution in [1.29, 1.82) is 0 Å². The molecule has 8 nitrogen and oxygen atoms in total. The van der Waals surface area contributed by atoms with E-state index in [0.717, 1.165) is 55.5 Å². The van der Waals surface area contributed by atoms with Crippen molar-refractivity contribution < 1.29 is 18.7 Å². The van der Waals surface area contributed by atoms with Crippen LogP contribution in [-0.2, 0) is 13.1 Å². The van der Waals surface area contributed by atoms with E-state index in [0.29, 0.717) is 24.9 Å². The van der Waals surface area contributed by atoms with Crippen molar-refractivity contribution >= 4 is 0 Å². The molecule has 0 radical (unpaired) electrons. The molecule has 8 heteroatoms. The van der Waals surface area contributed by atoms with Gasteiger partial charge in [0.05, 0.1) is 27.4 Å². The molecular formula is C24H30N4O4. The maximum Gasteiger partial charge on any atom is 0.241 e. The molecule has 0 atom stereocenters. The number of nitrogens with zero attached hydrogens (tertiary/aromatic N) is 4. The average Bonchev–Trinajstić information content (AvgIpc) is 3.29. The van der Waals surface area contributed by atoms with Gasteiger partial charge in [0.2, 0.25) is 11.7 Å². The van der Waals surface area contributed by atoms with Gasteiger partial charge in [0.25, 0.3) is 0 Å². The lowest BCUT2D eigenvalue weighted by Gasteiger charge is -2.34. The Kier molecular flexibility index (Phi) is 7.24. The second kappa shape index (κ2) is 10.5. The molecule has 0 N–H and O–H groups in total. The molecule has 1 aliphatic rings. The van der Waals surface area contributed by atoms with Crippen LogP contribution in [0.3, 0.4) is 0 Å². The van der Waals surface area contributed by atoms with E-state index >= 15 is 0 Å². The molecule has 0 unspecified atom stereocenters. The second-order valence-corrected chi connectivity index (χ2v) is 7.71. The van der Waals surface area contributed by atoms with E-state index in [4.69, 9.17) is 18.7 Å². The van der Waals surface area contributed by atoms with E-state index in [1.165, 1.54) is 5.56 Å². The Labute approximate surface area is 188 Å². The first-order chi connectivity index (χ1) is 15.7. The molecule has 1 aliphatic heterocycles. The number of ether oxygens (including phenoxy) is 3. The zero-order valence-corrected chi connectivity index (χ0v) is 18.9. The second-order valence-electron chi connectivity index (χ2n) is 7.71. The number of benzene rings is 2. The van der Waals surface area contributed by atoms with Crippen LogP contribution < -0.4 is 14.2 Å². The highest BCUT2D eigenvalue weighted by Gasteiger charge is 2.20. The van der Waals surface area contributed by atoms with Gasteiger partial charge >= 0.3 is 0 Å². The van der Waals surface area contributed by atoms with Crippen LogP contribution in [0, 0.1) is 0 Å². The van der Waals surface area contributed by atoms with Gasteiger partial charge in [-0.1, -0.05) is 11.2 Å². The van der Waals surface area contributed by atoms with E-state index in [2.05, 4.69) is 26.0 Å². The normalized spacial score (nSPS) is 15.0. The van der Waals surface area contributed by atoms with Gasteiger partial charge in [0.15, 0.2) is 11.5 Å². The van der Waals surface area contributed by atoms with Crippen LogP contribution in [0.25, 0.3) is 11.4 Å². The van der Waals surface area contributed by atoms with Crippen LogP contribution in [0.4, 0.5) is 0 Å². The zero-order valence-electron chi connectivity index (χ0n) is 18.9. The molecular weight excluding hydrogens is 408 g/mol. The van der Waals surface area contributed by atoms with Gasteiger partial charge in [-0.2, -0.15) is 4.98 Å². The molecule has 0 aliphatic carbocycles. The molecule has 2 aromatic carbocycles. The summed E-state index contributed by atoms with van der Waals surface area (Å²) in [5, 5.41) is 4.14. The fourth-order valence-electron chi connectivity index (χ4n) is 3.84. The van der Waals surface area contributed by atoms with Crippen molar-refractivity contribution in [3.05, 3.63) is 53.9 Å². The van der Waals surface area contributed by atoms with Crippen LogP contribution in [0.15, 0.2) is 47.0 Å². The Hall–Kier alpha value is -3.10. The van der Waals surface area contributed by atoms with Crippen molar-refractivity contribution in [3.63, 3.8) is 0 Å². The third-order valence-corrected chi connectivity index (χ3v) is 5.57. The van der Waals surface area contributed by atoms with Gasteiger partial charge in [-0.15, -0.1) is 0 Å². The SMILES string of the molecule is CCOc1ccc(-c2noc(CN3CCN(Cc4ccc(OC)c(OC)c4)CC3)n2)cc1. The van der Waals surface area contributed by atoms with E-state index in [9.17, 15) is 0 Å². The summed E-state index contributed by atoms with van der Waals surface area (Å²) in [6, 6.07) is 13.8. The van der Waals surface area contributed by atoms with E-state index in [1.54, 1.807) is 14.2 Å². The first-order valence-electron chi connectivity index (χ1n) is 10.9. The van der Waals surface area contributed by atoms with Gasteiger partial charge < -0.3 is 18.7 Å². The molecule has 1 fully saturated rings. The van der Waals surface area contributed by atoms with Crippen molar-refractivity contribution in [2.75, 3.05) is 47.0 Å². The fraction of sp³-hybridized carbons (Fsp3) is 0.417. The highest BCUT2D eigenvalue weighted by Crippen LogP contribution is 2.28. The van der Waals surface area contributed by atoms with E-state index in [-0.39, 0.29) is 0 Å². The number of piperazine rings is 1. The Balaban J connectivity index is 1.28. The molecule has 4 rings (SSSR count). The topological polar surface area (TPSA) is 73.1 Å². The van der Waals surface area contributed by atoms with Gasteiger partial charge in [0, 0.05) is 38.3 Å². The predicted octanol–water partition coefficient (Wildman–Crippen LogP) is 3.47. The Morgan fingerprint density at radius 1 is 0.875 bits per heavy atom. The summed E-state index contributed by atoms with van der Waals surface area (Å²) in [6.45, 7) is 8.03. The van der Waals surface area contributed by atoms with Gasteiger partial charge in [-0.3, -0.25) is 9.80 Å². The third-order valence-electron chi connectivity index (χ3n) is 5.57. The maximum atomic E-state index is 5.50. The predicted molar refractivity (Wildman–Crippen MR) is 121 cm³/mol. The average molecular weight is 439 g/mol. The smallest absolute Gasteiger partial charge is 0.241 e. The lowest BCUT2D eigenvalue weighted by molar-refractivity contribution is 0.112. The third kappa shape index (κ3) is 5.38. The van der Waals surface area contributed by atoms with Gasteiger partial charge in [0.1, 0.15) is 5.75 Å². The quantitative estimate of drug-likeness (QED) is 0.503. The lowest BCUT2D eigenvalue weighted by atomic mass is 10.1. The van der Waals surface area contributed by atoms with Gasteiger partial charge in [-0.05, 0) is 48.9 Å². The molecule has 32 heavy (non-hydrogen) atoms. The van der Waals surface area contributed by atoms with Crippen LogP contribution in [-0.4, -0.2) is 66.9 Å². The van der Waals surface area contributed by atoms with Crippen LogP contribution in [0.1, 0.15) is 18.4 Å². The molecule has 1 saturated heterocycles. The van der Waals surface area contributed by atoms with Crippen molar-refractivity contribution in [2.45, 2.75) is 20.0 Å². The van der Waals surface area contributed by atoms with Crippen molar-refractivity contribution in [3.8, 4) is 28.6 Å². The fourth-order valence-corrected chi connectivity index (χ4v) is 3.84.